The fraction of sp³-hybridized carbons (Fsp3) is 0.500. The Morgan fingerprint density at radius 3 is 2.05 bits per heavy atom. The van der Waals surface area contributed by atoms with Gasteiger partial charge in [0.2, 0.25) is 11.8 Å². The second-order valence-corrected chi connectivity index (χ2v) is 18.9. The van der Waals surface area contributed by atoms with Crippen LogP contribution in [0.3, 0.4) is 0 Å². The molecule has 2 saturated heterocycles. The van der Waals surface area contributed by atoms with Crippen LogP contribution in [-0.4, -0.2) is 110 Å². The highest BCUT2D eigenvalue weighted by Crippen LogP contribution is 2.48. The summed E-state index contributed by atoms with van der Waals surface area (Å²) in [5.74, 6) is 1.01. The Morgan fingerprint density at radius 2 is 1.43 bits per heavy atom. The number of halogens is 1. The van der Waals surface area contributed by atoms with E-state index in [1.54, 1.807) is 6.20 Å². The monoisotopic (exact) mass is 891 g/mol. The van der Waals surface area contributed by atoms with Gasteiger partial charge in [0, 0.05) is 52.5 Å². The van der Waals surface area contributed by atoms with E-state index in [0.717, 1.165) is 83.4 Å². The number of ether oxygens (including phenoxy) is 3. The number of alkyl halides is 1. The Labute approximate surface area is 377 Å². The van der Waals surface area contributed by atoms with Gasteiger partial charge in [-0.25, -0.2) is 23.9 Å². The molecule has 2 aromatic carbocycles. The number of amides is 4. The molecule has 1 aliphatic carbocycles. The highest BCUT2D eigenvalue weighted by molar-refractivity contribution is 5.92. The minimum absolute atomic E-state index is 0.00398. The number of alkyl carbamates (subject to hydrolysis) is 2. The molecule has 9 rings (SSSR count). The molecule has 1 spiro atoms. The van der Waals surface area contributed by atoms with Crippen molar-refractivity contribution in [1.82, 2.24) is 44.9 Å². The van der Waals surface area contributed by atoms with Crippen molar-refractivity contribution in [2.24, 2.45) is 17.3 Å². The van der Waals surface area contributed by atoms with Gasteiger partial charge in [0.1, 0.15) is 35.7 Å². The molecule has 3 fully saturated rings. The summed E-state index contributed by atoms with van der Waals surface area (Å²) >= 11 is 0. The maximum Gasteiger partial charge on any atom is 0.407 e. The number of carbonyl (C=O) groups excluding carboxylic acids is 4. The van der Waals surface area contributed by atoms with Crippen LogP contribution in [0, 0.1) is 17.3 Å². The fourth-order valence-electron chi connectivity index (χ4n) is 10.1. The van der Waals surface area contributed by atoms with Crippen molar-refractivity contribution in [3.8, 4) is 39.5 Å². The molecule has 17 heteroatoms. The normalized spacial score (nSPS) is 21.0. The topological polar surface area (TPSA) is 189 Å². The third kappa shape index (κ3) is 8.29. The van der Waals surface area contributed by atoms with E-state index in [9.17, 15) is 19.2 Å². The van der Waals surface area contributed by atoms with Crippen molar-refractivity contribution < 1.29 is 37.8 Å². The molecule has 5 aromatic rings. The van der Waals surface area contributed by atoms with Crippen LogP contribution in [0.4, 0.5) is 14.0 Å². The Hall–Kier alpha value is -6.39. The van der Waals surface area contributed by atoms with Gasteiger partial charge in [-0.1, -0.05) is 46.2 Å². The quantitative estimate of drug-likeness (QED) is 0.109. The number of hydrogen-bond acceptors (Lipinski definition) is 9. The van der Waals surface area contributed by atoms with E-state index in [1.165, 1.54) is 19.1 Å². The van der Waals surface area contributed by atoms with Crippen LogP contribution < -0.4 is 15.4 Å². The Kier molecular flexibility index (Phi) is 11.8. The summed E-state index contributed by atoms with van der Waals surface area (Å²) in [6, 6.07) is 12.3. The first-order chi connectivity index (χ1) is 31.3. The third-order valence-corrected chi connectivity index (χ3v) is 13.9. The van der Waals surface area contributed by atoms with E-state index in [-0.39, 0.29) is 48.1 Å². The van der Waals surface area contributed by atoms with E-state index in [1.807, 2.05) is 50.9 Å². The van der Waals surface area contributed by atoms with Gasteiger partial charge in [0.25, 0.3) is 0 Å². The molecule has 16 nitrogen and oxygen atoms in total. The summed E-state index contributed by atoms with van der Waals surface area (Å²) in [6.45, 7) is 9.33. The lowest BCUT2D eigenvalue weighted by Gasteiger charge is -2.43. The van der Waals surface area contributed by atoms with Gasteiger partial charge >= 0.3 is 12.2 Å². The van der Waals surface area contributed by atoms with Gasteiger partial charge in [-0.15, -0.1) is 0 Å². The highest BCUT2D eigenvalue weighted by atomic mass is 19.1. The van der Waals surface area contributed by atoms with Crippen molar-refractivity contribution >= 4 is 34.9 Å². The summed E-state index contributed by atoms with van der Waals surface area (Å²) in [5.41, 5.74) is 6.50. The number of imidazole rings is 2. The number of aromatic amines is 2. The second kappa shape index (κ2) is 17.5. The first kappa shape index (κ1) is 43.8. The summed E-state index contributed by atoms with van der Waals surface area (Å²) in [5, 5.41) is 6.41. The molecule has 1 saturated carbocycles. The van der Waals surface area contributed by atoms with Gasteiger partial charge in [0.05, 0.1) is 68.9 Å². The molecule has 344 valence electrons. The molecule has 4 amide bonds. The highest BCUT2D eigenvalue weighted by Gasteiger charge is 2.43. The first-order valence-electron chi connectivity index (χ1n) is 22.7. The number of nitrogens with one attached hydrogen (secondary N) is 4. The van der Waals surface area contributed by atoms with E-state index >= 15 is 4.39 Å². The summed E-state index contributed by atoms with van der Waals surface area (Å²) in [4.78, 5) is 71.3. The number of fused-ring (bicyclic) bond motifs is 5. The Bertz CT molecular complexity index is 2610. The SMILES string of the molecule is COC(=O)NC(C(=O)N1CCCC1c1ncc(-c2ccc3c(c2)cc2n3CC3(CCC3)COc3cc(-c4cnc([C@H]5C[C@H](F)CN5C(=O)C(NC(=O)OC)C(C)C)[nH]4)ccc3-2)[nH]1)C(C)C. The van der Waals surface area contributed by atoms with Crippen LogP contribution in [0.5, 0.6) is 5.75 Å². The van der Waals surface area contributed by atoms with Gasteiger partial charge in [-0.3, -0.25) is 9.59 Å². The molecule has 3 aliphatic heterocycles. The first-order valence-corrected chi connectivity index (χ1v) is 22.7. The third-order valence-electron chi connectivity index (χ3n) is 13.9. The van der Waals surface area contributed by atoms with E-state index < -0.39 is 36.5 Å². The largest absolute Gasteiger partial charge is 0.492 e. The van der Waals surface area contributed by atoms with Crippen molar-refractivity contribution in [2.45, 2.75) is 103 Å². The van der Waals surface area contributed by atoms with Crippen molar-refractivity contribution in [3.05, 3.63) is 66.5 Å². The maximum absolute atomic E-state index is 15.0. The number of H-pyrrole nitrogens is 2. The number of benzene rings is 2. The summed E-state index contributed by atoms with van der Waals surface area (Å²) in [6.07, 6.45) is 5.89. The van der Waals surface area contributed by atoms with Crippen LogP contribution in [0.1, 0.15) is 90.0 Å². The van der Waals surface area contributed by atoms with E-state index in [0.29, 0.717) is 30.5 Å². The van der Waals surface area contributed by atoms with Crippen molar-refractivity contribution in [3.63, 3.8) is 0 Å². The van der Waals surface area contributed by atoms with Gasteiger partial charge in [0.15, 0.2) is 0 Å². The van der Waals surface area contributed by atoms with Gasteiger partial charge in [-0.05, 0) is 67.9 Å². The molecule has 6 heterocycles. The number of hydrogen-bond donors (Lipinski definition) is 4. The number of methoxy groups -OCH3 is 2. The predicted octanol–water partition coefficient (Wildman–Crippen LogP) is 7.69. The molecule has 4 N–H and O–H groups in total. The standard InChI is InChI=1S/C48H58FN9O7/c1-26(2)40(54-46(61)63-5)44(59)56-16-7-9-36(56)42-50-21-33(52-42)28-11-13-35-30(17-28)18-37-32-12-10-29(19-39(32)65-25-48(14-8-15-48)24-58(35)37)34-22-51-43(53-34)38-20-31(49)23-57(38)45(60)41(27(3)4)55-47(62)64-6/h10-13,17-19,21-22,26-27,31,36,38,40-41H,7-9,14-16,20,23-25H2,1-6H3,(H,50,52)(H,51,53)(H,54,61)(H,55,62)/t31-,36?,38+,40?,41?/m0/s1. The van der Waals surface area contributed by atoms with Crippen LogP contribution in [-0.2, 0) is 25.6 Å². The number of rotatable bonds is 10. The lowest BCUT2D eigenvalue weighted by Crippen LogP contribution is -2.51. The van der Waals surface area contributed by atoms with Gasteiger partial charge < -0.3 is 49.2 Å². The predicted molar refractivity (Wildman–Crippen MR) is 240 cm³/mol. The van der Waals surface area contributed by atoms with E-state index in [2.05, 4.69) is 60.5 Å². The summed E-state index contributed by atoms with van der Waals surface area (Å²) in [7, 11) is 2.53. The van der Waals surface area contributed by atoms with Crippen LogP contribution in [0.15, 0.2) is 54.9 Å². The zero-order valence-corrected chi connectivity index (χ0v) is 37.8. The van der Waals surface area contributed by atoms with Crippen LogP contribution in [0.25, 0.3) is 44.7 Å². The van der Waals surface area contributed by atoms with Crippen LogP contribution in [0.2, 0.25) is 0 Å². The minimum atomic E-state index is -1.24. The number of likely N-dealkylation sites (tertiary alicyclic amines) is 2. The lowest BCUT2D eigenvalue weighted by molar-refractivity contribution is -0.136. The Morgan fingerprint density at radius 1 is 0.815 bits per heavy atom. The van der Waals surface area contributed by atoms with E-state index in [4.69, 9.17) is 19.2 Å². The average molecular weight is 892 g/mol. The zero-order valence-electron chi connectivity index (χ0n) is 37.8. The number of aromatic nitrogens is 5. The maximum atomic E-state index is 15.0. The molecule has 5 atom stereocenters. The molecular weight excluding hydrogens is 834 g/mol. The molecule has 3 unspecified atom stereocenters. The zero-order chi connectivity index (χ0) is 45.7. The lowest BCUT2D eigenvalue weighted by atomic mass is 9.69. The van der Waals surface area contributed by atoms with Crippen molar-refractivity contribution in [1.29, 1.82) is 0 Å². The van der Waals surface area contributed by atoms with Crippen LogP contribution >= 0.6 is 0 Å². The molecule has 3 aromatic heterocycles. The molecular formula is C48H58FN9O7. The Balaban J connectivity index is 0.991. The second-order valence-electron chi connectivity index (χ2n) is 18.9. The minimum Gasteiger partial charge on any atom is -0.492 e. The average Bonchev–Trinajstić information content (AvgIpc) is 4.14. The number of carbonyl (C=O) groups is 4. The molecule has 65 heavy (non-hydrogen) atoms. The van der Waals surface area contributed by atoms with Crippen molar-refractivity contribution in [2.75, 3.05) is 33.9 Å². The fourth-order valence-corrected chi connectivity index (χ4v) is 10.1. The summed E-state index contributed by atoms with van der Waals surface area (Å²) < 4.78 is 33.7. The number of nitrogens with zero attached hydrogens (tertiary/aromatic N) is 5. The van der Waals surface area contributed by atoms with Gasteiger partial charge in [-0.2, -0.15) is 0 Å². The smallest absolute Gasteiger partial charge is 0.407 e. The molecule has 4 aliphatic rings. The molecule has 0 bridgehead atoms. The molecule has 0 radical (unpaired) electrons.